The first-order valence-corrected chi connectivity index (χ1v) is 13.1. The van der Waals surface area contributed by atoms with Crippen molar-refractivity contribution in [1.82, 2.24) is 4.31 Å². The zero-order valence-corrected chi connectivity index (χ0v) is 20.5. The van der Waals surface area contributed by atoms with E-state index in [4.69, 9.17) is 14.2 Å². The Morgan fingerprint density at radius 3 is 2.44 bits per heavy atom. The van der Waals surface area contributed by atoms with Crippen LogP contribution in [0.1, 0.15) is 56.7 Å². The summed E-state index contributed by atoms with van der Waals surface area (Å²) in [5.41, 5.74) is 2.23. The topological polar surface area (TPSA) is 94.2 Å². The number of nitrogens with one attached hydrogen (secondary N) is 1. The van der Waals surface area contributed by atoms with Gasteiger partial charge in [-0.3, -0.25) is 4.79 Å². The number of amides is 1. The van der Waals surface area contributed by atoms with Gasteiger partial charge in [0.05, 0.1) is 17.7 Å². The highest BCUT2D eigenvalue weighted by atomic mass is 32.2. The van der Waals surface area contributed by atoms with E-state index >= 15 is 0 Å². The van der Waals surface area contributed by atoms with Crippen molar-refractivity contribution >= 4 is 21.6 Å². The first-order chi connectivity index (χ1) is 16.2. The predicted molar refractivity (Wildman–Crippen MR) is 127 cm³/mol. The largest absolute Gasteiger partial charge is 0.495 e. The third-order valence-electron chi connectivity index (χ3n) is 7.28. The Hall–Kier alpha value is -2.78. The van der Waals surface area contributed by atoms with Crippen molar-refractivity contribution < 1.29 is 27.4 Å². The zero-order valence-electron chi connectivity index (χ0n) is 19.7. The summed E-state index contributed by atoms with van der Waals surface area (Å²) < 4.78 is 46.6. The van der Waals surface area contributed by atoms with E-state index in [-0.39, 0.29) is 22.3 Å². The summed E-state index contributed by atoms with van der Waals surface area (Å²) in [6.45, 7) is 4.70. The van der Waals surface area contributed by atoms with Gasteiger partial charge in [-0.1, -0.05) is 12.8 Å². The molecule has 5 rings (SSSR count). The molecule has 0 bridgehead atoms. The molecule has 3 aliphatic rings. The Balaban J connectivity index is 1.60. The van der Waals surface area contributed by atoms with Gasteiger partial charge in [0.1, 0.15) is 19.0 Å². The second-order valence-corrected chi connectivity index (χ2v) is 11.2. The fourth-order valence-electron chi connectivity index (χ4n) is 5.63. The molecule has 2 aromatic carbocycles. The van der Waals surface area contributed by atoms with E-state index in [1.54, 1.807) is 10.4 Å². The first-order valence-electron chi connectivity index (χ1n) is 11.7. The van der Waals surface area contributed by atoms with Crippen LogP contribution in [0.4, 0.5) is 5.69 Å². The number of ether oxygens (including phenoxy) is 3. The summed E-state index contributed by atoms with van der Waals surface area (Å²) in [6, 6.07) is 8.25. The van der Waals surface area contributed by atoms with Crippen molar-refractivity contribution in [3.63, 3.8) is 0 Å². The Bertz CT molecular complexity index is 1240. The van der Waals surface area contributed by atoms with E-state index in [2.05, 4.69) is 11.4 Å². The lowest BCUT2D eigenvalue weighted by molar-refractivity contribution is -0.114. The highest BCUT2D eigenvalue weighted by Gasteiger charge is 2.48. The lowest BCUT2D eigenvalue weighted by Crippen LogP contribution is -2.48. The van der Waals surface area contributed by atoms with E-state index in [9.17, 15) is 13.2 Å². The molecule has 2 heterocycles. The van der Waals surface area contributed by atoms with Crippen LogP contribution in [0.2, 0.25) is 0 Å². The lowest BCUT2D eigenvalue weighted by Gasteiger charge is -2.45. The Labute approximate surface area is 200 Å². The standard InChI is InChI=1S/C25H30N2O6S/c1-16-19-13-23-24(33-11-10-32-23)14-20(19)25(8-4-5-9-25)15-27(16)34(29,30)18-6-7-22(31-3)21(12-18)26-17(2)28/h6-7,12-14,16H,4-5,8-11,15H2,1-3H3,(H,26,28)/t16-/m1/s1. The molecule has 1 N–H and O–H groups in total. The highest BCUT2D eigenvalue weighted by Crippen LogP contribution is 2.53. The molecule has 182 valence electrons. The maximum atomic E-state index is 14.0. The molecule has 1 spiro atoms. The molecule has 0 aromatic heterocycles. The summed E-state index contributed by atoms with van der Waals surface area (Å²) in [6.07, 6.45) is 3.98. The minimum atomic E-state index is -3.87. The van der Waals surface area contributed by atoms with Crippen LogP contribution in [0.5, 0.6) is 17.2 Å². The van der Waals surface area contributed by atoms with Crippen LogP contribution in [-0.2, 0) is 20.2 Å². The minimum absolute atomic E-state index is 0.123. The fourth-order valence-corrected chi connectivity index (χ4v) is 7.35. The van der Waals surface area contributed by atoms with Gasteiger partial charge in [-0.25, -0.2) is 8.42 Å². The van der Waals surface area contributed by atoms with Crippen molar-refractivity contribution in [2.45, 2.75) is 55.9 Å². The number of sulfonamides is 1. The van der Waals surface area contributed by atoms with E-state index in [1.807, 2.05) is 13.0 Å². The molecule has 1 fully saturated rings. The summed E-state index contributed by atoms with van der Waals surface area (Å²) in [4.78, 5) is 11.8. The average Bonchev–Trinajstić information content (AvgIpc) is 3.29. The van der Waals surface area contributed by atoms with Crippen molar-refractivity contribution in [2.75, 3.05) is 32.2 Å². The second-order valence-electron chi connectivity index (χ2n) is 9.34. The van der Waals surface area contributed by atoms with Gasteiger partial charge in [0, 0.05) is 24.9 Å². The van der Waals surface area contributed by atoms with Crippen LogP contribution < -0.4 is 19.5 Å². The van der Waals surface area contributed by atoms with Gasteiger partial charge >= 0.3 is 0 Å². The zero-order chi connectivity index (χ0) is 24.1. The Morgan fingerprint density at radius 1 is 1.12 bits per heavy atom. The van der Waals surface area contributed by atoms with Crippen molar-refractivity contribution in [3.05, 3.63) is 41.5 Å². The van der Waals surface area contributed by atoms with Gasteiger partial charge in [0.2, 0.25) is 15.9 Å². The van der Waals surface area contributed by atoms with Crippen LogP contribution >= 0.6 is 0 Å². The minimum Gasteiger partial charge on any atom is -0.495 e. The summed E-state index contributed by atoms with van der Waals surface area (Å²) in [5, 5.41) is 2.67. The van der Waals surface area contributed by atoms with E-state index in [0.717, 1.165) is 37.0 Å². The molecular formula is C25H30N2O6S. The number of rotatable bonds is 4. The van der Waals surface area contributed by atoms with Crippen LogP contribution in [0.3, 0.4) is 0 Å². The molecule has 1 amide bonds. The number of benzene rings is 2. The number of methoxy groups -OCH3 is 1. The molecule has 1 aliphatic carbocycles. The van der Waals surface area contributed by atoms with Gasteiger partial charge in [0.15, 0.2) is 11.5 Å². The monoisotopic (exact) mass is 486 g/mol. The molecular weight excluding hydrogens is 456 g/mol. The number of nitrogens with zero attached hydrogens (tertiary/aromatic N) is 1. The number of carbonyl (C=O) groups excluding carboxylic acids is 1. The van der Waals surface area contributed by atoms with Crippen molar-refractivity contribution in [3.8, 4) is 17.2 Å². The number of hydrogen-bond donors (Lipinski definition) is 1. The van der Waals surface area contributed by atoms with Crippen LogP contribution in [0.25, 0.3) is 0 Å². The molecule has 2 aromatic rings. The van der Waals surface area contributed by atoms with Crippen LogP contribution in [0.15, 0.2) is 35.2 Å². The normalized spacial score (nSPS) is 21.2. The molecule has 0 unspecified atom stereocenters. The first kappa shape index (κ1) is 23.0. The van der Waals surface area contributed by atoms with Gasteiger partial charge < -0.3 is 19.5 Å². The lowest BCUT2D eigenvalue weighted by atomic mass is 9.72. The molecule has 1 atom stereocenters. The van der Waals surface area contributed by atoms with E-state index in [1.165, 1.54) is 31.7 Å². The smallest absolute Gasteiger partial charge is 0.243 e. The Morgan fingerprint density at radius 2 is 1.79 bits per heavy atom. The maximum Gasteiger partial charge on any atom is 0.243 e. The maximum absolute atomic E-state index is 14.0. The van der Waals surface area contributed by atoms with Gasteiger partial charge in [0.25, 0.3) is 0 Å². The number of fused-ring (bicyclic) bond motifs is 3. The van der Waals surface area contributed by atoms with Gasteiger partial charge in [-0.15, -0.1) is 0 Å². The van der Waals surface area contributed by atoms with E-state index in [0.29, 0.717) is 36.9 Å². The SMILES string of the molecule is COc1ccc(S(=O)(=O)N2CC3(CCCC3)c3cc4c(cc3[C@H]2C)OCCO4)cc1NC(C)=O. The third kappa shape index (κ3) is 3.71. The predicted octanol–water partition coefficient (Wildman–Crippen LogP) is 4.00. The molecule has 9 heteroatoms. The van der Waals surface area contributed by atoms with Crippen molar-refractivity contribution in [2.24, 2.45) is 0 Å². The second kappa shape index (κ2) is 8.46. The highest BCUT2D eigenvalue weighted by molar-refractivity contribution is 7.89. The number of hydrogen-bond acceptors (Lipinski definition) is 6. The number of anilines is 1. The molecule has 0 saturated heterocycles. The third-order valence-corrected chi connectivity index (χ3v) is 9.19. The van der Waals surface area contributed by atoms with Gasteiger partial charge in [-0.05, 0) is 61.2 Å². The molecule has 2 aliphatic heterocycles. The molecule has 1 saturated carbocycles. The van der Waals surface area contributed by atoms with Gasteiger partial charge in [-0.2, -0.15) is 4.31 Å². The average molecular weight is 487 g/mol. The van der Waals surface area contributed by atoms with Crippen molar-refractivity contribution in [1.29, 1.82) is 0 Å². The quantitative estimate of drug-likeness (QED) is 0.702. The van der Waals surface area contributed by atoms with Crippen LogP contribution in [0, 0.1) is 0 Å². The molecule has 8 nitrogen and oxygen atoms in total. The van der Waals surface area contributed by atoms with E-state index < -0.39 is 10.0 Å². The van der Waals surface area contributed by atoms with Crippen LogP contribution in [-0.4, -0.2) is 45.5 Å². The molecule has 34 heavy (non-hydrogen) atoms. The Kier molecular flexibility index (Phi) is 5.72. The summed E-state index contributed by atoms with van der Waals surface area (Å²) >= 11 is 0. The number of carbonyl (C=O) groups is 1. The summed E-state index contributed by atoms with van der Waals surface area (Å²) in [5.74, 6) is 1.52. The summed E-state index contributed by atoms with van der Waals surface area (Å²) in [7, 11) is -2.39. The fraction of sp³-hybridized carbons (Fsp3) is 0.480. The molecule has 0 radical (unpaired) electrons.